The van der Waals surface area contributed by atoms with Crippen molar-refractivity contribution in [3.05, 3.63) is 115 Å². The van der Waals surface area contributed by atoms with Crippen LogP contribution in [0.15, 0.2) is 109 Å². The standard InChI is InChI=1S/C70H92N12O6/c1-67(2,50-88-51-68(3,4)49-79-47-58(74-76-79)52-30-28-31-54(45-52)72-65(86)78-43-41-70(42-44-78)64(85)81(66(87)73-70)55-32-20-19-21-33-55)48-71-60(83)37-38-61(84)80-46-53-29-22-23-34-56(53)63-62(57-35-24-25-36-59(57)80)75-77-82(63)69(5)39-26-17-15-13-11-9-7-6-8-10-12-14-16-18-27-40-69/h19-25,28-36,45,47H,6-18,26-27,37-44,46,48-51H2,1-5H3,(H,71,83)(H,72,86)(H,73,87). The number of para-hydroxylation sites is 2. The number of fused-ring (bicyclic) bond motifs is 5. The molecule has 0 bridgehead atoms. The third-order valence-corrected chi connectivity index (χ3v) is 18.4. The van der Waals surface area contributed by atoms with Crippen molar-refractivity contribution in [1.29, 1.82) is 0 Å². The van der Waals surface area contributed by atoms with E-state index in [-0.39, 0.29) is 47.5 Å². The lowest BCUT2D eigenvalue weighted by Crippen LogP contribution is -2.56. The summed E-state index contributed by atoms with van der Waals surface area (Å²) >= 11 is 0. The number of carbonyl (C=O) groups excluding carboxylic acids is 5. The fourth-order valence-corrected chi connectivity index (χ4v) is 13.3. The quantitative estimate of drug-likeness (QED) is 0.0831. The number of aromatic nitrogens is 6. The van der Waals surface area contributed by atoms with Crippen LogP contribution in [0.25, 0.3) is 33.8 Å². The summed E-state index contributed by atoms with van der Waals surface area (Å²) in [6.45, 7) is 13.4. The smallest absolute Gasteiger partial charge is 0.329 e. The van der Waals surface area contributed by atoms with E-state index in [1.807, 2.05) is 65.7 Å². The van der Waals surface area contributed by atoms with Crippen LogP contribution in [0.1, 0.15) is 175 Å². The summed E-state index contributed by atoms with van der Waals surface area (Å²) in [6, 6.07) is 32.0. The van der Waals surface area contributed by atoms with E-state index in [9.17, 15) is 24.0 Å². The molecule has 10 rings (SSSR count). The van der Waals surface area contributed by atoms with Crippen molar-refractivity contribution >= 4 is 46.8 Å². The van der Waals surface area contributed by atoms with Gasteiger partial charge in [0.1, 0.15) is 16.9 Å². The van der Waals surface area contributed by atoms with Crippen LogP contribution in [-0.2, 0) is 37.7 Å². The van der Waals surface area contributed by atoms with Crippen LogP contribution < -0.4 is 25.8 Å². The number of amides is 7. The summed E-state index contributed by atoms with van der Waals surface area (Å²) in [7, 11) is 0. The van der Waals surface area contributed by atoms with Crippen LogP contribution in [-0.4, -0.2) is 103 Å². The topological polar surface area (TPSA) is 202 Å². The molecule has 3 fully saturated rings. The number of hydrogen-bond acceptors (Lipinski definition) is 10. The van der Waals surface area contributed by atoms with Crippen LogP contribution in [0.5, 0.6) is 0 Å². The molecule has 6 aromatic rings. The number of carbonyl (C=O) groups is 5. The largest absolute Gasteiger partial charge is 0.380 e. The third-order valence-electron chi connectivity index (χ3n) is 18.4. The van der Waals surface area contributed by atoms with Gasteiger partial charge in [-0.25, -0.2) is 19.2 Å². The number of nitrogens with zero attached hydrogens (tertiary/aromatic N) is 9. The second-order valence-electron chi connectivity index (χ2n) is 27.0. The van der Waals surface area contributed by atoms with Crippen LogP contribution in [0.2, 0.25) is 0 Å². The van der Waals surface area contributed by atoms with Crippen molar-refractivity contribution in [1.82, 2.24) is 45.5 Å². The van der Waals surface area contributed by atoms with Gasteiger partial charge in [0, 0.05) is 72.2 Å². The van der Waals surface area contributed by atoms with Crippen LogP contribution in [0, 0.1) is 10.8 Å². The molecule has 1 spiro atoms. The van der Waals surface area contributed by atoms with E-state index in [0.717, 1.165) is 65.0 Å². The summed E-state index contributed by atoms with van der Waals surface area (Å²) in [6.07, 6.45) is 24.1. The zero-order valence-corrected chi connectivity index (χ0v) is 52.7. The predicted molar refractivity (Wildman–Crippen MR) is 345 cm³/mol. The first-order valence-corrected chi connectivity index (χ1v) is 32.6. The first-order chi connectivity index (χ1) is 42.5. The Labute approximate surface area is 519 Å². The molecule has 3 N–H and O–H groups in total. The maximum Gasteiger partial charge on any atom is 0.329 e. The molecule has 1 saturated carbocycles. The lowest BCUT2D eigenvalue weighted by Gasteiger charge is -2.37. The first-order valence-electron chi connectivity index (χ1n) is 32.6. The van der Waals surface area contributed by atoms with Crippen LogP contribution in [0.3, 0.4) is 0 Å². The minimum atomic E-state index is -1.04. The molecule has 2 aromatic heterocycles. The van der Waals surface area contributed by atoms with Gasteiger partial charge in [0.05, 0.1) is 48.6 Å². The molecule has 2 saturated heterocycles. The highest BCUT2D eigenvalue weighted by Crippen LogP contribution is 2.45. The molecule has 5 heterocycles. The fourth-order valence-electron chi connectivity index (χ4n) is 13.3. The van der Waals surface area contributed by atoms with Crippen molar-refractivity contribution in [2.24, 2.45) is 10.8 Å². The SMILES string of the molecule is CC(C)(CNC(=O)CCC(=O)N1Cc2ccccc2-c2c(nnn2C2(C)CCCCCCCCCCCCCCCCC2)-c2ccccc21)COCC(C)(C)Cn1cc(-c2cccc(NC(=O)N3CCC4(CC3)NC(=O)N(c3ccccc3)C4=O)c2)nn1. The second kappa shape index (κ2) is 28.6. The molecule has 7 amide bonds. The molecule has 18 nitrogen and oxygen atoms in total. The number of ether oxygens (including phenoxy) is 1. The molecule has 0 unspecified atom stereocenters. The predicted octanol–water partition coefficient (Wildman–Crippen LogP) is 13.9. The Morgan fingerprint density at radius 1 is 0.659 bits per heavy atom. The number of likely N-dealkylation sites (tertiary alicyclic amines) is 1. The molecule has 3 aliphatic heterocycles. The van der Waals surface area contributed by atoms with Crippen LogP contribution in [0.4, 0.5) is 26.7 Å². The third kappa shape index (κ3) is 15.6. The van der Waals surface area contributed by atoms with E-state index in [4.69, 9.17) is 15.0 Å². The number of anilines is 3. The van der Waals surface area contributed by atoms with Gasteiger partial charge in [0.25, 0.3) is 5.91 Å². The van der Waals surface area contributed by atoms with E-state index in [2.05, 4.69) is 89.8 Å². The first kappa shape index (κ1) is 63.3. The number of hydrogen-bond donors (Lipinski definition) is 3. The lowest BCUT2D eigenvalue weighted by atomic mass is 9.86. The van der Waals surface area contributed by atoms with Crippen molar-refractivity contribution in [3.63, 3.8) is 0 Å². The van der Waals surface area contributed by atoms with Gasteiger partial charge in [0.2, 0.25) is 11.8 Å². The lowest BCUT2D eigenvalue weighted by molar-refractivity contribution is -0.125. The normalized spacial score (nSPS) is 18.0. The summed E-state index contributed by atoms with van der Waals surface area (Å²) in [4.78, 5) is 72.7. The van der Waals surface area contributed by atoms with E-state index >= 15 is 0 Å². The van der Waals surface area contributed by atoms with Crippen molar-refractivity contribution in [2.75, 3.05) is 48.0 Å². The Hall–Kier alpha value is -7.73. The van der Waals surface area contributed by atoms with Gasteiger partial charge >= 0.3 is 12.1 Å². The van der Waals surface area contributed by atoms with Gasteiger partial charge < -0.3 is 30.5 Å². The maximum absolute atomic E-state index is 14.5. The number of imide groups is 1. The summed E-state index contributed by atoms with van der Waals surface area (Å²) in [5.41, 5.74) is 6.06. The van der Waals surface area contributed by atoms with Crippen molar-refractivity contribution in [2.45, 2.75) is 194 Å². The van der Waals surface area contributed by atoms with Gasteiger partial charge in [-0.1, -0.05) is 207 Å². The second-order valence-corrected chi connectivity index (χ2v) is 27.0. The highest BCUT2D eigenvalue weighted by Gasteiger charge is 2.53. The summed E-state index contributed by atoms with van der Waals surface area (Å²) in [5.74, 6) is -0.618. The highest BCUT2D eigenvalue weighted by atomic mass is 16.5. The van der Waals surface area contributed by atoms with Gasteiger partial charge in [-0.3, -0.25) is 19.1 Å². The number of urea groups is 2. The Morgan fingerprint density at radius 2 is 1.27 bits per heavy atom. The zero-order chi connectivity index (χ0) is 61.7. The number of piperidine rings is 1. The molecule has 4 aliphatic rings. The molecule has 0 atom stereocenters. The van der Waals surface area contributed by atoms with Crippen LogP contribution >= 0.6 is 0 Å². The fraction of sp³-hybridized carbons (Fsp3) is 0.529. The Kier molecular flexibility index (Phi) is 20.6. The minimum absolute atomic E-state index is 0.0422. The molecule has 4 aromatic carbocycles. The maximum atomic E-state index is 14.5. The zero-order valence-electron chi connectivity index (χ0n) is 52.7. The number of nitrogens with one attached hydrogen (secondary N) is 3. The van der Waals surface area contributed by atoms with E-state index in [1.54, 1.807) is 33.8 Å². The molecule has 468 valence electrons. The Bertz CT molecular complexity index is 3340. The van der Waals surface area contributed by atoms with E-state index in [0.29, 0.717) is 75.8 Å². The minimum Gasteiger partial charge on any atom is -0.380 e. The Morgan fingerprint density at radius 3 is 1.95 bits per heavy atom. The number of rotatable bonds is 15. The molecule has 88 heavy (non-hydrogen) atoms. The molecule has 18 heteroatoms. The Balaban J connectivity index is 0.694. The van der Waals surface area contributed by atoms with Gasteiger partial charge in [0.15, 0.2) is 0 Å². The van der Waals surface area contributed by atoms with Crippen molar-refractivity contribution in [3.8, 4) is 33.8 Å². The molecule has 1 aliphatic carbocycles. The average Bonchev–Trinajstić information content (AvgIpc) is 1.80. The highest BCUT2D eigenvalue weighted by molar-refractivity contribution is 6.23. The number of benzene rings is 4. The molecular formula is C70H92N12O6. The van der Waals surface area contributed by atoms with E-state index in [1.165, 1.54) is 88.4 Å². The molecular weight excluding hydrogens is 1100 g/mol. The van der Waals surface area contributed by atoms with Gasteiger partial charge in [-0.2, -0.15) is 0 Å². The molecule has 0 radical (unpaired) electrons. The van der Waals surface area contributed by atoms with E-state index < -0.39 is 17.0 Å². The summed E-state index contributed by atoms with van der Waals surface area (Å²) < 4.78 is 10.4. The summed E-state index contributed by atoms with van der Waals surface area (Å²) in [5, 5.41) is 28.0. The average molecular weight is 1200 g/mol. The van der Waals surface area contributed by atoms with Crippen molar-refractivity contribution < 1.29 is 28.7 Å². The van der Waals surface area contributed by atoms with Gasteiger partial charge in [-0.05, 0) is 68.5 Å². The monoisotopic (exact) mass is 1200 g/mol. The van der Waals surface area contributed by atoms with Gasteiger partial charge in [-0.15, -0.1) is 10.2 Å².